The molecule has 0 aromatic carbocycles. The van der Waals surface area contributed by atoms with Crippen LogP contribution in [0.3, 0.4) is 0 Å². The van der Waals surface area contributed by atoms with Crippen LogP contribution in [0.5, 0.6) is 0 Å². The van der Waals surface area contributed by atoms with Crippen molar-refractivity contribution in [1.29, 1.82) is 0 Å². The van der Waals surface area contributed by atoms with Crippen LogP contribution in [-0.4, -0.2) is 32.0 Å². The molecule has 0 aliphatic carbocycles. The number of aromatic amines is 1. The number of carbonyl (C=O) groups excluding carboxylic acids is 1. The molecule has 2 aromatic heterocycles. The van der Waals surface area contributed by atoms with Gasteiger partial charge in [0.25, 0.3) is 11.5 Å². The minimum absolute atomic E-state index is 0.0834. The van der Waals surface area contributed by atoms with Crippen molar-refractivity contribution >= 4 is 17.5 Å². The molecule has 2 aromatic rings. The van der Waals surface area contributed by atoms with Crippen molar-refractivity contribution < 1.29 is 4.79 Å². The summed E-state index contributed by atoms with van der Waals surface area (Å²) in [6.45, 7) is 0.296. The van der Waals surface area contributed by atoms with E-state index in [2.05, 4.69) is 4.98 Å². The molecule has 1 amide bonds. The number of H-pyrrole nitrogens is 1. The number of amides is 1. The highest BCUT2D eigenvalue weighted by Gasteiger charge is 2.18. The Morgan fingerprint density at radius 1 is 1.38 bits per heavy atom. The molecule has 2 heterocycles. The van der Waals surface area contributed by atoms with Gasteiger partial charge in [-0.3, -0.25) is 14.2 Å². The Kier molecular flexibility index (Phi) is 4.04. The van der Waals surface area contributed by atoms with Gasteiger partial charge in [-0.05, 0) is 6.07 Å². The highest BCUT2D eigenvalue weighted by molar-refractivity contribution is 6.30. The van der Waals surface area contributed by atoms with Crippen LogP contribution in [-0.2, 0) is 20.6 Å². The van der Waals surface area contributed by atoms with Gasteiger partial charge in [-0.2, -0.15) is 0 Å². The predicted octanol–water partition coefficient (Wildman–Crippen LogP) is 0.338. The van der Waals surface area contributed by atoms with Crippen LogP contribution < -0.4 is 11.2 Å². The zero-order chi connectivity index (χ0) is 15.7. The third-order valence-corrected chi connectivity index (χ3v) is 3.44. The maximum absolute atomic E-state index is 12.3. The van der Waals surface area contributed by atoms with Crippen LogP contribution in [0.1, 0.15) is 16.1 Å². The van der Waals surface area contributed by atoms with Gasteiger partial charge in [-0.15, -0.1) is 0 Å². The summed E-state index contributed by atoms with van der Waals surface area (Å²) in [6.07, 6.45) is 2.87. The Balaban J connectivity index is 2.28. The van der Waals surface area contributed by atoms with Crippen LogP contribution in [0.2, 0.25) is 5.02 Å². The number of aryl methyl sites for hydroxylation is 1. The number of hydrogen-bond donors (Lipinski definition) is 1. The van der Waals surface area contributed by atoms with Crippen LogP contribution in [0.15, 0.2) is 28.0 Å². The second-order valence-corrected chi connectivity index (χ2v) is 5.23. The molecule has 0 atom stereocenters. The summed E-state index contributed by atoms with van der Waals surface area (Å²) >= 11 is 5.89. The smallest absolute Gasteiger partial charge is 0.328 e. The van der Waals surface area contributed by atoms with Crippen molar-refractivity contribution in [1.82, 2.24) is 19.0 Å². The van der Waals surface area contributed by atoms with Crippen LogP contribution in [0, 0.1) is 0 Å². The summed E-state index contributed by atoms with van der Waals surface area (Å²) in [5, 5.41) is 0.577. The molecule has 0 bridgehead atoms. The lowest BCUT2D eigenvalue weighted by Crippen LogP contribution is -2.39. The zero-order valence-corrected chi connectivity index (χ0v) is 12.6. The number of rotatable bonds is 3. The summed E-state index contributed by atoms with van der Waals surface area (Å²) in [6, 6.07) is 1.75. The van der Waals surface area contributed by atoms with Gasteiger partial charge in [-0.25, -0.2) is 4.79 Å². The molecule has 112 valence electrons. The number of carbonyl (C=O) groups is 1. The van der Waals surface area contributed by atoms with Crippen molar-refractivity contribution in [2.45, 2.75) is 6.54 Å². The topological polar surface area (TPSA) is 80.1 Å². The molecule has 0 aliphatic heterocycles. The molecule has 7 nitrogen and oxygen atoms in total. The normalized spacial score (nSPS) is 10.7. The maximum Gasteiger partial charge on any atom is 0.328 e. The number of halogens is 1. The molecule has 1 N–H and O–H groups in total. The van der Waals surface area contributed by atoms with Gasteiger partial charge in [0.1, 0.15) is 5.56 Å². The molecule has 0 saturated heterocycles. The molecule has 0 saturated carbocycles. The van der Waals surface area contributed by atoms with E-state index in [1.54, 1.807) is 23.9 Å². The van der Waals surface area contributed by atoms with Gasteiger partial charge < -0.3 is 14.5 Å². The lowest BCUT2D eigenvalue weighted by atomic mass is 10.2. The van der Waals surface area contributed by atoms with Gasteiger partial charge in [0.15, 0.2) is 0 Å². The van der Waals surface area contributed by atoms with Gasteiger partial charge in [0, 0.05) is 39.2 Å². The van der Waals surface area contributed by atoms with Gasteiger partial charge in [0.05, 0.1) is 11.6 Å². The third kappa shape index (κ3) is 2.92. The number of hydrogen-bond acceptors (Lipinski definition) is 3. The Hall–Kier alpha value is -2.28. The monoisotopic (exact) mass is 310 g/mol. The highest BCUT2D eigenvalue weighted by Crippen LogP contribution is 2.14. The first-order valence-electron chi connectivity index (χ1n) is 6.16. The molecule has 21 heavy (non-hydrogen) atoms. The Morgan fingerprint density at radius 2 is 2.05 bits per heavy atom. The molecule has 0 radical (unpaired) electrons. The Morgan fingerprint density at radius 3 is 2.62 bits per heavy atom. The average molecular weight is 311 g/mol. The van der Waals surface area contributed by atoms with E-state index in [0.717, 1.165) is 16.5 Å². The minimum Gasteiger partial charge on any atom is -0.351 e. The molecule has 0 spiro atoms. The standard InChI is InChI=1S/C13H15ClN4O3/c1-16-6-8(14)4-9(16)7-17(2)11(19)10-5-15-13(21)18(3)12(10)20/h4-6H,7H2,1-3H3,(H,15,21). The second-order valence-electron chi connectivity index (χ2n) is 4.79. The first-order chi connectivity index (χ1) is 9.81. The fraction of sp³-hybridized carbons (Fsp3) is 0.308. The summed E-state index contributed by atoms with van der Waals surface area (Å²) in [7, 11) is 4.71. The van der Waals surface area contributed by atoms with E-state index in [1.165, 1.54) is 11.9 Å². The number of aromatic nitrogens is 3. The lowest BCUT2D eigenvalue weighted by molar-refractivity contribution is 0.0779. The first-order valence-corrected chi connectivity index (χ1v) is 6.54. The Labute approximate surface area is 125 Å². The first kappa shape index (κ1) is 15.1. The highest BCUT2D eigenvalue weighted by atomic mass is 35.5. The number of nitrogens with zero attached hydrogens (tertiary/aromatic N) is 3. The van der Waals surface area contributed by atoms with Crippen LogP contribution in [0.4, 0.5) is 0 Å². The van der Waals surface area contributed by atoms with E-state index >= 15 is 0 Å². The van der Waals surface area contributed by atoms with Crippen molar-refractivity contribution in [2.75, 3.05) is 7.05 Å². The van der Waals surface area contributed by atoms with Crippen molar-refractivity contribution in [2.24, 2.45) is 14.1 Å². The predicted molar refractivity (Wildman–Crippen MR) is 78.5 cm³/mol. The maximum atomic E-state index is 12.3. The average Bonchev–Trinajstić information content (AvgIpc) is 2.73. The van der Waals surface area contributed by atoms with E-state index < -0.39 is 17.2 Å². The zero-order valence-electron chi connectivity index (χ0n) is 11.9. The summed E-state index contributed by atoms with van der Waals surface area (Å²) in [4.78, 5) is 39.3. The van der Waals surface area contributed by atoms with E-state index in [9.17, 15) is 14.4 Å². The summed E-state index contributed by atoms with van der Waals surface area (Å²) < 4.78 is 2.66. The van der Waals surface area contributed by atoms with E-state index in [0.29, 0.717) is 11.6 Å². The molecule has 2 rings (SSSR count). The molecular weight excluding hydrogens is 296 g/mol. The SMILES string of the molecule is CN(Cc1cc(Cl)cn1C)C(=O)c1c[nH]c(=O)n(C)c1=O. The second kappa shape index (κ2) is 5.61. The summed E-state index contributed by atoms with van der Waals surface area (Å²) in [5.41, 5.74) is -0.439. The van der Waals surface area contributed by atoms with Crippen molar-refractivity contribution in [3.63, 3.8) is 0 Å². The summed E-state index contributed by atoms with van der Waals surface area (Å²) in [5.74, 6) is -0.468. The molecular formula is C13H15ClN4O3. The third-order valence-electron chi connectivity index (χ3n) is 3.23. The van der Waals surface area contributed by atoms with Gasteiger partial charge >= 0.3 is 5.69 Å². The fourth-order valence-electron chi connectivity index (χ4n) is 1.96. The lowest BCUT2D eigenvalue weighted by Gasteiger charge is -2.17. The van der Waals surface area contributed by atoms with Crippen LogP contribution >= 0.6 is 11.6 Å². The number of nitrogens with one attached hydrogen (secondary N) is 1. The van der Waals surface area contributed by atoms with E-state index in [1.807, 2.05) is 7.05 Å². The largest absolute Gasteiger partial charge is 0.351 e. The molecule has 0 fully saturated rings. The quantitative estimate of drug-likeness (QED) is 0.887. The molecule has 0 aliphatic rings. The van der Waals surface area contributed by atoms with E-state index in [-0.39, 0.29) is 5.56 Å². The molecule has 8 heteroatoms. The fourth-order valence-corrected chi connectivity index (χ4v) is 2.23. The van der Waals surface area contributed by atoms with E-state index in [4.69, 9.17) is 11.6 Å². The van der Waals surface area contributed by atoms with Crippen LogP contribution in [0.25, 0.3) is 0 Å². The van der Waals surface area contributed by atoms with Crippen molar-refractivity contribution in [3.8, 4) is 0 Å². The van der Waals surface area contributed by atoms with Gasteiger partial charge in [-0.1, -0.05) is 11.6 Å². The Bertz CT molecular complexity index is 802. The molecule has 0 unspecified atom stereocenters. The minimum atomic E-state index is -0.625. The van der Waals surface area contributed by atoms with Gasteiger partial charge in [0.2, 0.25) is 0 Å². The van der Waals surface area contributed by atoms with Crippen molar-refractivity contribution in [3.05, 3.63) is 55.6 Å².